The predicted octanol–water partition coefficient (Wildman–Crippen LogP) is 2.13. The Balaban J connectivity index is 0.00000208. The van der Waals surface area contributed by atoms with Crippen molar-refractivity contribution in [2.75, 3.05) is 13.1 Å². The van der Waals surface area contributed by atoms with E-state index in [4.69, 9.17) is 4.52 Å². The average molecular weight is 351 g/mol. The molecule has 2 aromatic rings. The molecule has 24 heavy (non-hydrogen) atoms. The Bertz CT molecular complexity index is 651. The number of carbonyl (C=O) groups is 1. The van der Waals surface area contributed by atoms with Gasteiger partial charge < -0.3 is 15.2 Å². The highest BCUT2D eigenvalue weighted by Gasteiger charge is 2.21. The SMILES string of the molecule is CCc1ccc(-c2noc(CCNC(=O)C3CCCN3)n2)cc1.Cl. The molecule has 2 N–H and O–H groups in total. The zero-order valence-electron chi connectivity index (χ0n) is 13.7. The number of amides is 1. The van der Waals surface area contributed by atoms with Gasteiger partial charge in [0.15, 0.2) is 0 Å². The van der Waals surface area contributed by atoms with E-state index in [0.29, 0.717) is 24.7 Å². The highest BCUT2D eigenvalue weighted by Crippen LogP contribution is 2.17. The molecule has 0 spiro atoms. The Morgan fingerprint density at radius 1 is 1.38 bits per heavy atom. The maximum absolute atomic E-state index is 11.9. The van der Waals surface area contributed by atoms with Gasteiger partial charge in [-0.1, -0.05) is 36.3 Å². The second-order valence-electron chi connectivity index (χ2n) is 5.75. The summed E-state index contributed by atoms with van der Waals surface area (Å²) in [5, 5.41) is 10.1. The van der Waals surface area contributed by atoms with Crippen molar-refractivity contribution in [2.45, 2.75) is 38.6 Å². The average Bonchev–Trinajstić information content (AvgIpc) is 3.27. The second-order valence-corrected chi connectivity index (χ2v) is 5.75. The van der Waals surface area contributed by atoms with Crippen LogP contribution in [0.15, 0.2) is 28.8 Å². The summed E-state index contributed by atoms with van der Waals surface area (Å²) in [5.41, 5.74) is 2.22. The van der Waals surface area contributed by atoms with Crippen molar-refractivity contribution in [3.63, 3.8) is 0 Å². The lowest BCUT2D eigenvalue weighted by atomic mass is 10.1. The first-order valence-electron chi connectivity index (χ1n) is 8.19. The van der Waals surface area contributed by atoms with E-state index in [0.717, 1.165) is 31.4 Å². The number of aromatic nitrogens is 2. The maximum atomic E-state index is 11.9. The molecule has 3 rings (SSSR count). The van der Waals surface area contributed by atoms with E-state index in [1.54, 1.807) is 0 Å². The zero-order valence-corrected chi connectivity index (χ0v) is 14.6. The fourth-order valence-electron chi connectivity index (χ4n) is 2.69. The molecule has 1 saturated heterocycles. The van der Waals surface area contributed by atoms with E-state index in [-0.39, 0.29) is 24.4 Å². The number of hydrogen-bond acceptors (Lipinski definition) is 5. The van der Waals surface area contributed by atoms with Crippen LogP contribution < -0.4 is 10.6 Å². The van der Waals surface area contributed by atoms with Gasteiger partial charge in [0.05, 0.1) is 6.04 Å². The number of aryl methyl sites for hydroxylation is 1. The van der Waals surface area contributed by atoms with E-state index >= 15 is 0 Å². The standard InChI is InChI=1S/C17H22N4O2.ClH/c1-2-12-5-7-13(8-6-12)16-20-15(23-21-16)9-11-19-17(22)14-4-3-10-18-14;/h5-8,14,18H,2-4,9-11H2,1H3,(H,19,22);1H. The monoisotopic (exact) mass is 350 g/mol. The van der Waals surface area contributed by atoms with E-state index in [1.807, 2.05) is 12.1 Å². The minimum atomic E-state index is -0.0506. The van der Waals surface area contributed by atoms with Crippen LogP contribution in [0.4, 0.5) is 0 Å². The Morgan fingerprint density at radius 3 is 2.83 bits per heavy atom. The minimum absolute atomic E-state index is 0. The fourth-order valence-corrected chi connectivity index (χ4v) is 2.69. The quantitative estimate of drug-likeness (QED) is 0.834. The molecule has 0 bridgehead atoms. The van der Waals surface area contributed by atoms with Crippen LogP contribution in [-0.4, -0.2) is 35.2 Å². The largest absolute Gasteiger partial charge is 0.354 e. The van der Waals surface area contributed by atoms with Gasteiger partial charge in [0.25, 0.3) is 0 Å². The molecule has 0 radical (unpaired) electrons. The summed E-state index contributed by atoms with van der Waals surface area (Å²) in [6, 6.07) is 8.09. The van der Waals surface area contributed by atoms with Crippen molar-refractivity contribution in [2.24, 2.45) is 0 Å². The summed E-state index contributed by atoms with van der Waals surface area (Å²) in [4.78, 5) is 16.3. The molecular formula is C17H23ClN4O2. The second kappa shape index (κ2) is 8.80. The third-order valence-electron chi connectivity index (χ3n) is 4.10. The molecule has 1 atom stereocenters. The summed E-state index contributed by atoms with van der Waals surface area (Å²) < 4.78 is 5.25. The summed E-state index contributed by atoms with van der Waals surface area (Å²) in [7, 11) is 0. The first-order chi connectivity index (χ1) is 11.3. The summed E-state index contributed by atoms with van der Waals surface area (Å²) in [6.45, 7) is 3.55. The van der Waals surface area contributed by atoms with Gasteiger partial charge in [-0.3, -0.25) is 4.79 Å². The normalized spacial score (nSPS) is 16.6. The van der Waals surface area contributed by atoms with Crippen LogP contribution in [0.3, 0.4) is 0 Å². The van der Waals surface area contributed by atoms with Gasteiger partial charge in [-0.15, -0.1) is 12.4 Å². The number of hydrogen-bond donors (Lipinski definition) is 2. The van der Waals surface area contributed by atoms with Gasteiger partial charge in [-0.25, -0.2) is 0 Å². The van der Waals surface area contributed by atoms with Crippen LogP contribution >= 0.6 is 12.4 Å². The van der Waals surface area contributed by atoms with E-state index in [9.17, 15) is 4.79 Å². The summed E-state index contributed by atoms with van der Waals surface area (Å²) in [6.07, 6.45) is 3.51. The molecule has 1 aliphatic heterocycles. The van der Waals surface area contributed by atoms with Gasteiger partial charge in [0.1, 0.15) is 0 Å². The van der Waals surface area contributed by atoms with Crippen LogP contribution in [0.1, 0.15) is 31.2 Å². The van der Waals surface area contributed by atoms with Crippen LogP contribution in [0.25, 0.3) is 11.4 Å². The van der Waals surface area contributed by atoms with Crippen LogP contribution in [0.5, 0.6) is 0 Å². The first kappa shape index (κ1) is 18.4. The Labute approximate surface area is 147 Å². The van der Waals surface area contributed by atoms with Crippen molar-refractivity contribution in [1.29, 1.82) is 0 Å². The zero-order chi connectivity index (χ0) is 16.1. The molecule has 1 aromatic carbocycles. The van der Waals surface area contributed by atoms with Gasteiger partial charge in [-0.2, -0.15) is 4.98 Å². The van der Waals surface area contributed by atoms with Crippen molar-refractivity contribution < 1.29 is 9.32 Å². The summed E-state index contributed by atoms with van der Waals surface area (Å²) in [5.74, 6) is 1.18. The third kappa shape index (κ3) is 4.55. The lowest BCUT2D eigenvalue weighted by Gasteiger charge is -2.09. The molecule has 6 nitrogen and oxygen atoms in total. The minimum Gasteiger partial charge on any atom is -0.354 e. The van der Waals surface area contributed by atoms with Crippen molar-refractivity contribution in [3.05, 3.63) is 35.7 Å². The van der Waals surface area contributed by atoms with Crippen molar-refractivity contribution in [1.82, 2.24) is 20.8 Å². The van der Waals surface area contributed by atoms with Crippen LogP contribution in [0.2, 0.25) is 0 Å². The number of nitrogens with one attached hydrogen (secondary N) is 2. The first-order valence-corrected chi connectivity index (χ1v) is 8.19. The fraction of sp³-hybridized carbons (Fsp3) is 0.471. The molecule has 1 fully saturated rings. The van der Waals surface area contributed by atoms with E-state index in [1.165, 1.54) is 5.56 Å². The molecular weight excluding hydrogens is 328 g/mol. The highest BCUT2D eigenvalue weighted by molar-refractivity contribution is 5.85. The molecule has 1 amide bonds. The number of benzene rings is 1. The van der Waals surface area contributed by atoms with Gasteiger partial charge in [0, 0.05) is 18.5 Å². The Hall–Kier alpha value is -1.92. The number of halogens is 1. The lowest BCUT2D eigenvalue weighted by molar-refractivity contribution is -0.122. The maximum Gasteiger partial charge on any atom is 0.237 e. The number of nitrogens with zero attached hydrogens (tertiary/aromatic N) is 2. The molecule has 7 heteroatoms. The van der Waals surface area contributed by atoms with Gasteiger partial charge in [-0.05, 0) is 31.4 Å². The third-order valence-corrected chi connectivity index (χ3v) is 4.10. The Kier molecular flexibility index (Phi) is 6.75. The lowest BCUT2D eigenvalue weighted by Crippen LogP contribution is -2.41. The smallest absolute Gasteiger partial charge is 0.237 e. The highest BCUT2D eigenvalue weighted by atomic mass is 35.5. The molecule has 1 unspecified atom stereocenters. The molecule has 0 saturated carbocycles. The molecule has 2 heterocycles. The van der Waals surface area contributed by atoms with Crippen LogP contribution in [0, 0.1) is 0 Å². The number of carbonyl (C=O) groups excluding carboxylic acids is 1. The summed E-state index contributed by atoms with van der Waals surface area (Å²) >= 11 is 0. The Morgan fingerprint density at radius 2 is 2.17 bits per heavy atom. The number of rotatable bonds is 6. The van der Waals surface area contributed by atoms with Gasteiger partial charge in [0.2, 0.25) is 17.6 Å². The predicted molar refractivity (Wildman–Crippen MR) is 94.1 cm³/mol. The molecule has 130 valence electrons. The molecule has 0 aliphatic carbocycles. The van der Waals surface area contributed by atoms with E-state index < -0.39 is 0 Å². The topological polar surface area (TPSA) is 80.0 Å². The van der Waals surface area contributed by atoms with Gasteiger partial charge >= 0.3 is 0 Å². The molecule has 1 aromatic heterocycles. The van der Waals surface area contributed by atoms with E-state index in [2.05, 4.69) is 39.8 Å². The van der Waals surface area contributed by atoms with Crippen molar-refractivity contribution in [3.8, 4) is 11.4 Å². The molecule has 1 aliphatic rings. The van der Waals surface area contributed by atoms with Crippen LogP contribution in [-0.2, 0) is 17.6 Å². The van der Waals surface area contributed by atoms with Crippen molar-refractivity contribution >= 4 is 18.3 Å².